The van der Waals surface area contributed by atoms with Gasteiger partial charge in [-0.25, -0.2) is 4.90 Å². The van der Waals surface area contributed by atoms with Gasteiger partial charge in [0.2, 0.25) is 5.91 Å². The summed E-state index contributed by atoms with van der Waals surface area (Å²) >= 11 is 0. The van der Waals surface area contributed by atoms with Gasteiger partial charge < -0.3 is 15.8 Å². The molecule has 2 rings (SSSR count). The number of carbonyl (C=O) groups excluding carboxylic acids is 2. The molecule has 2 amide bonds. The van der Waals surface area contributed by atoms with Crippen molar-refractivity contribution in [3.63, 3.8) is 0 Å². The lowest BCUT2D eigenvalue weighted by molar-refractivity contribution is -0.128. The average molecular weight is 263 g/mol. The maximum absolute atomic E-state index is 12.0. The second-order valence-electron chi connectivity index (χ2n) is 4.28. The zero-order valence-electron chi connectivity index (χ0n) is 10.8. The van der Waals surface area contributed by atoms with Crippen LogP contribution in [0.15, 0.2) is 18.2 Å². The molecule has 0 bridgehead atoms. The normalized spacial score (nSPS) is 14.0. The van der Waals surface area contributed by atoms with Crippen molar-refractivity contribution in [2.24, 2.45) is 5.73 Å². The first-order valence-electron chi connectivity index (χ1n) is 6.13. The van der Waals surface area contributed by atoms with Crippen LogP contribution in [0.3, 0.4) is 0 Å². The van der Waals surface area contributed by atoms with E-state index in [4.69, 9.17) is 10.5 Å². The molecule has 0 aliphatic carbocycles. The molecule has 1 aromatic rings. The van der Waals surface area contributed by atoms with Crippen LogP contribution in [-0.2, 0) is 16.0 Å². The van der Waals surface area contributed by atoms with Gasteiger partial charge in [-0.2, -0.15) is 0 Å². The molecule has 0 unspecified atom stereocenters. The molecule has 1 heterocycles. The van der Waals surface area contributed by atoms with Crippen LogP contribution in [-0.4, -0.2) is 38.6 Å². The molecule has 0 saturated carbocycles. The first kappa shape index (κ1) is 13.5. The number of hydrogen-bond acceptors (Lipinski definition) is 5. The molecule has 102 valence electrons. The molecular weight excluding hydrogens is 246 g/mol. The average Bonchev–Trinajstić information content (AvgIpc) is 2.39. The lowest BCUT2D eigenvalue weighted by Gasteiger charge is -2.28. The minimum Gasteiger partial charge on any atom is -0.482 e. The van der Waals surface area contributed by atoms with Crippen LogP contribution in [0, 0.1) is 0 Å². The number of ether oxygens (including phenoxy) is 1. The Bertz CT molecular complexity index is 502. The number of fused-ring (bicyclic) bond motifs is 1. The number of likely N-dealkylation sites (N-methyl/N-ethyl adjacent to an activating group) is 1. The quantitative estimate of drug-likeness (QED) is 0.776. The van der Waals surface area contributed by atoms with Crippen molar-refractivity contribution >= 4 is 17.5 Å². The highest BCUT2D eigenvalue weighted by molar-refractivity contribution is 6.17. The van der Waals surface area contributed by atoms with Gasteiger partial charge in [-0.1, -0.05) is 6.07 Å². The summed E-state index contributed by atoms with van der Waals surface area (Å²) < 4.78 is 5.33. The summed E-state index contributed by atoms with van der Waals surface area (Å²) in [7, 11) is 1.66. The smallest absolute Gasteiger partial charge is 0.271 e. The predicted molar refractivity (Wildman–Crippen MR) is 71.1 cm³/mol. The molecule has 1 aliphatic heterocycles. The third-order valence-electron chi connectivity index (χ3n) is 2.88. The van der Waals surface area contributed by atoms with E-state index in [9.17, 15) is 9.59 Å². The Labute approximate surface area is 111 Å². The van der Waals surface area contributed by atoms with Crippen molar-refractivity contribution in [2.45, 2.75) is 6.42 Å². The summed E-state index contributed by atoms with van der Waals surface area (Å²) in [5.41, 5.74) is 6.99. The van der Waals surface area contributed by atoms with Crippen molar-refractivity contribution in [3.05, 3.63) is 23.8 Å². The summed E-state index contributed by atoms with van der Waals surface area (Å²) in [6.07, 6.45) is 0.690. The number of benzene rings is 1. The summed E-state index contributed by atoms with van der Waals surface area (Å²) in [5, 5.41) is 2.75. The number of amides is 2. The van der Waals surface area contributed by atoms with Gasteiger partial charge in [-0.15, -0.1) is 0 Å². The zero-order chi connectivity index (χ0) is 13.8. The third-order valence-corrected chi connectivity index (χ3v) is 2.88. The van der Waals surface area contributed by atoms with Gasteiger partial charge in [0.05, 0.1) is 12.2 Å². The number of nitrogens with one attached hydrogen (secondary N) is 1. The Hall–Kier alpha value is -1.92. The lowest BCUT2D eigenvalue weighted by atomic mass is 10.1. The van der Waals surface area contributed by atoms with Crippen LogP contribution in [0.1, 0.15) is 5.56 Å². The number of carbonyl (C=O) groups is 2. The molecule has 19 heavy (non-hydrogen) atoms. The highest BCUT2D eigenvalue weighted by Gasteiger charge is 2.30. The third kappa shape index (κ3) is 2.74. The van der Waals surface area contributed by atoms with Gasteiger partial charge in [-0.05, 0) is 37.7 Å². The maximum atomic E-state index is 12.0. The molecule has 6 nitrogen and oxygen atoms in total. The molecule has 3 N–H and O–H groups in total. The predicted octanol–water partition coefficient (Wildman–Crippen LogP) is -0.341. The fourth-order valence-electron chi connectivity index (χ4n) is 2.02. The summed E-state index contributed by atoms with van der Waals surface area (Å²) in [5.74, 6) is -0.0931. The van der Waals surface area contributed by atoms with E-state index >= 15 is 0 Å². The number of hydrogen-bond donors (Lipinski definition) is 2. The summed E-state index contributed by atoms with van der Waals surface area (Å²) in [4.78, 5) is 25.0. The van der Waals surface area contributed by atoms with Crippen LogP contribution in [0.2, 0.25) is 0 Å². The molecule has 0 atom stereocenters. The number of nitrogens with zero attached hydrogens (tertiary/aromatic N) is 1. The van der Waals surface area contributed by atoms with Crippen molar-refractivity contribution in [2.75, 3.05) is 31.6 Å². The van der Waals surface area contributed by atoms with E-state index in [1.54, 1.807) is 19.2 Å². The van der Waals surface area contributed by atoms with Crippen LogP contribution >= 0.6 is 0 Å². The molecule has 0 radical (unpaired) electrons. The van der Waals surface area contributed by atoms with Crippen LogP contribution in [0.5, 0.6) is 5.75 Å². The second-order valence-corrected chi connectivity index (χ2v) is 4.28. The van der Waals surface area contributed by atoms with E-state index in [1.165, 1.54) is 4.90 Å². The Morgan fingerprint density at radius 3 is 3.00 bits per heavy atom. The van der Waals surface area contributed by atoms with E-state index in [2.05, 4.69) is 5.32 Å². The molecule has 0 spiro atoms. The molecule has 6 heteroatoms. The van der Waals surface area contributed by atoms with Crippen molar-refractivity contribution in [1.82, 2.24) is 5.32 Å². The Balaban J connectivity index is 2.38. The highest BCUT2D eigenvalue weighted by Crippen LogP contribution is 2.33. The number of nitrogens with two attached hydrogens (primary N) is 1. The summed E-state index contributed by atoms with van der Waals surface area (Å²) in [6.45, 7) is 0.503. The van der Waals surface area contributed by atoms with Gasteiger partial charge in [0, 0.05) is 0 Å². The van der Waals surface area contributed by atoms with Crippen molar-refractivity contribution < 1.29 is 14.3 Å². The van der Waals surface area contributed by atoms with Crippen molar-refractivity contribution in [1.29, 1.82) is 0 Å². The van der Waals surface area contributed by atoms with Crippen LogP contribution in [0.4, 0.5) is 5.69 Å². The fourth-order valence-corrected chi connectivity index (χ4v) is 2.02. The van der Waals surface area contributed by atoms with E-state index in [0.29, 0.717) is 24.4 Å². The molecular formula is C13H17N3O3. The van der Waals surface area contributed by atoms with Gasteiger partial charge in [0.25, 0.3) is 5.91 Å². The van der Waals surface area contributed by atoms with E-state index in [0.717, 1.165) is 5.56 Å². The van der Waals surface area contributed by atoms with E-state index < -0.39 is 0 Å². The minimum atomic E-state index is -0.349. The van der Waals surface area contributed by atoms with E-state index in [1.807, 2.05) is 6.07 Å². The summed E-state index contributed by atoms with van der Waals surface area (Å²) in [6, 6.07) is 5.45. The van der Waals surface area contributed by atoms with E-state index in [-0.39, 0.29) is 25.0 Å². The Kier molecular flexibility index (Phi) is 4.13. The molecule has 0 saturated heterocycles. The van der Waals surface area contributed by atoms with Crippen LogP contribution < -0.4 is 20.7 Å². The Morgan fingerprint density at radius 2 is 2.32 bits per heavy atom. The number of rotatable bonds is 4. The maximum Gasteiger partial charge on any atom is 0.271 e. The zero-order valence-corrected chi connectivity index (χ0v) is 10.8. The highest BCUT2D eigenvalue weighted by atomic mass is 16.5. The lowest BCUT2D eigenvalue weighted by Crippen LogP contribution is -2.46. The monoisotopic (exact) mass is 263 g/mol. The molecule has 0 aromatic heterocycles. The van der Waals surface area contributed by atoms with Gasteiger partial charge in [0.1, 0.15) is 5.75 Å². The largest absolute Gasteiger partial charge is 0.482 e. The van der Waals surface area contributed by atoms with Gasteiger partial charge >= 0.3 is 0 Å². The number of imide groups is 1. The van der Waals surface area contributed by atoms with Crippen molar-refractivity contribution in [3.8, 4) is 5.75 Å². The standard InChI is InChI=1S/C13H17N3O3/c1-15-7-12(17)16-10-6-9(4-5-14)2-3-11(10)19-8-13(16)18/h2-3,6,15H,4-5,7-8,14H2,1H3. The SMILES string of the molecule is CNCC(=O)N1C(=O)COc2ccc(CCN)cc21. The first-order valence-corrected chi connectivity index (χ1v) is 6.13. The number of anilines is 1. The van der Waals surface area contributed by atoms with Gasteiger partial charge in [-0.3, -0.25) is 9.59 Å². The first-order chi connectivity index (χ1) is 9.17. The Morgan fingerprint density at radius 1 is 1.53 bits per heavy atom. The topological polar surface area (TPSA) is 84.7 Å². The fraction of sp³-hybridized carbons (Fsp3) is 0.385. The minimum absolute atomic E-state index is 0.103. The van der Waals surface area contributed by atoms with Gasteiger partial charge in [0.15, 0.2) is 6.61 Å². The molecule has 1 aliphatic rings. The molecule has 0 fully saturated rings. The van der Waals surface area contributed by atoms with Crippen LogP contribution in [0.25, 0.3) is 0 Å². The molecule has 1 aromatic carbocycles. The second kappa shape index (κ2) is 5.81.